The van der Waals surface area contributed by atoms with Gasteiger partial charge in [0.25, 0.3) is 0 Å². The zero-order valence-corrected chi connectivity index (χ0v) is 9.69. The number of β-lactam (4-membered cyclic amide) rings is 1. The van der Waals surface area contributed by atoms with Gasteiger partial charge in [-0.15, -0.1) is 0 Å². The number of quaternary nitrogens is 1. The Hall–Kier alpha value is -0.990. The lowest BCUT2D eigenvalue weighted by Crippen LogP contribution is -2.76. The van der Waals surface area contributed by atoms with Crippen LogP contribution in [-0.4, -0.2) is 46.2 Å². The van der Waals surface area contributed by atoms with Crippen LogP contribution < -0.4 is 5.84 Å². The summed E-state index contributed by atoms with van der Waals surface area (Å²) in [6, 6.07) is -1.43. The second-order valence-electron chi connectivity index (χ2n) is 4.78. The van der Waals surface area contributed by atoms with Gasteiger partial charge in [0.15, 0.2) is 0 Å². The third-order valence-corrected chi connectivity index (χ3v) is 6.59. The number of carboxylic acids is 1. The lowest BCUT2D eigenvalue weighted by Gasteiger charge is -2.40. The van der Waals surface area contributed by atoms with Crippen LogP contribution >= 0.6 is 0 Å². The zero-order chi connectivity index (χ0) is 12.5. The molecule has 0 aliphatic carbocycles. The number of carboxylic acid groups (broad SMARTS) is 1. The molecule has 0 aromatic heterocycles. The number of carbonyl (C=O) groups excluding carboxylic acids is 1. The zero-order valence-electron chi connectivity index (χ0n) is 8.87. The van der Waals surface area contributed by atoms with Crippen LogP contribution in [0.15, 0.2) is 0 Å². The Bertz CT molecular complexity index is 497. The summed E-state index contributed by atoms with van der Waals surface area (Å²) in [7, 11) is -3.71. The molecule has 0 aromatic carbocycles. The molecule has 3 atom stereocenters. The molecule has 2 saturated heterocycles. The van der Waals surface area contributed by atoms with Crippen LogP contribution in [0.1, 0.15) is 20.3 Å². The second-order valence-corrected chi connectivity index (χ2v) is 7.46. The van der Waals surface area contributed by atoms with Crippen LogP contribution in [-0.2, 0) is 19.4 Å². The number of carbonyl (C=O) groups is 2. The van der Waals surface area contributed by atoms with E-state index in [1.54, 1.807) is 0 Å². The van der Waals surface area contributed by atoms with E-state index < -0.39 is 42.5 Å². The van der Waals surface area contributed by atoms with Crippen molar-refractivity contribution in [1.82, 2.24) is 0 Å². The minimum atomic E-state index is -3.71. The Balaban J connectivity index is 2.69. The van der Waals surface area contributed by atoms with Gasteiger partial charge in [-0.1, -0.05) is 0 Å². The van der Waals surface area contributed by atoms with E-state index in [0.29, 0.717) is 0 Å². The monoisotopic (exact) mass is 249 g/mol. The lowest BCUT2D eigenvalue weighted by molar-refractivity contribution is -0.913. The van der Waals surface area contributed by atoms with Crippen molar-refractivity contribution in [3.05, 3.63) is 0 Å². The van der Waals surface area contributed by atoms with Gasteiger partial charge in [0.05, 0.1) is 0 Å². The molecule has 2 fully saturated rings. The van der Waals surface area contributed by atoms with Gasteiger partial charge in [0.2, 0.25) is 21.3 Å². The van der Waals surface area contributed by atoms with Crippen molar-refractivity contribution in [2.75, 3.05) is 0 Å². The molecule has 1 amide bonds. The van der Waals surface area contributed by atoms with E-state index in [1.165, 1.54) is 13.8 Å². The lowest BCUT2D eigenvalue weighted by atomic mass is 9.97. The molecule has 8 heteroatoms. The predicted octanol–water partition coefficient (Wildman–Crippen LogP) is -1.41. The van der Waals surface area contributed by atoms with Gasteiger partial charge in [-0.25, -0.2) is 18.0 Å². The van der Waals surface area contributed by atoms with E-state index in [2.05, 4.69) is 0 Å². The van der Waals surface area contributed by atoms with E-state index in [0.717, 1.165) is 0 Å². The van der Waals surface area contributed by atoms with Gasteiger partial charge >= 0.3 is 11.9 Å². The van der Waals surface area contributed by atoms with Gasteiger partial charge in [-0.3, -0.25) is 0 Å². The maximum Gasteiger partial charge on any atom is 0.366 e. The average molecular weight is 249 g/mol. The van der Waals surface area contributed by atoms with Crippen LogP contribution in [0.2, 0.25) is 0 Å². The highest BCUT2D eigenvalue weighted by atomic mass is 32.2. The van der Waals surface area contributed by atoms with E-state index in [-0.39, 0.29) is 6.42 Å². The molecule has 0 spiro atoms. The smallest absolute Gasteiger partial charge is 0.366 e. The Morgan fingerprint density at radius 3 is 2.38 bits per heavy atom. The highest BCUT2D eigenvalue weighted by Crippen LogP contribution is 2.49. The number of nitrogens with zero attached hydrogens (tertiary/aromatic N) is 1. The van der Waals surface area contributed by atoms with Crippen molar-refractivity contribution in [1.29, 1.82) is 0 Å². The molecule has 7 nitrogen and oxygen atoms in total. The molecule has 2 rings (SSSR count). The molecule has 2 heterocycles. The summed E-state index contributed by atoms with van der Waals surface area (Å²) in [5.74, 6) is 3.79. The quantitative estimate of drug-likeness (QED) is 0.255. The van der Waals surface area contributed by atoms with Crippen LogP contribution in [0.25, 0.3) is 0 Å². The third-order valence-electron chi connectivity index (χ3n) is 3.67. The number of sulfone groups is 1. The molecule has 3 N–H and O–H groups in total. The Morgan fingerprint density at radius 1 is 1.56 bits per heavy atom. The summed E-state index contributed by atoms with van der Waals surface area (Å²) in [5, 5.41) is 7.97. The number of fused-ring (bicyclic) bond motifs is 1. The maximum absolute atomic E-state index is 12.0. The van der Waals surface area contributed by atoms with Crippen LogP contribution in [0, 0.1) is 0 Å². The fourth-order valence-corrected chi connectivity index (χ4v) is 5.01. The first-order chi connectivity index (χ1) is 7.08. The molecule has 1 unspecified atom stereocenters. The molecule has 0 radical (unpaired) electrons. The standard InChI is InChI=1S/C8H12N2O5S/c1-8(2)6(7(12)13)10(9)4(11)3-5(10)16(8,14)15/h5-6H,3,9H2,1-2H3/p+1/t5-,6+,10?/m1/s1. The molecule has 2 aliphatic rings. The molecular weight excluding hydrogens is 236 g/mol. The van der Waals surface area contributed by atoms with Crippen LogP contribution in [0.3, 0.4) is 0 Å². The Labute approximate surface area is 92.3 Å². The van der Waals surface area contributed by atoms with E-state index >= 15 is 0 Å². The Morgan fingerprint density at radius 2 is 2.06 bits per heavy atom. The number of amides is 1. The normalized spacial score (nSPS) is 43.6. The van der Waals surface area contributed by atoms with Gasteiger partial charge in [-0.2, -0.15) is 10.4 Å². The summed E-state index contributed by atoms with van der Waals surface area (Å²) in [6.07, 6.45) is -0.188. The largest absolute Gasteiger partial charge is 0.477 e. The van der Waals surface area contributed by atoms with Gasteiger partial charge < -0.3 is 5.11 Å². The topological polar surface area (TPSA) is 115 Å². The fourth-order valence-electron chi connectivity index (χ4n) is 2.66. The number of aliphatic carboxylic acids is 1. The number of hydrogen-bond donors (Lipinski definition) is 2. The highest BCUT2D eigenvalue weighted by molar-refractivity contribution is 7.93. The van der Waals surface area contributed by atoms with Crippen molar-refractivity contribution < 1.29 is 27.7 Å². The van der Waals surface area contributed by atoms with Crippen LogP contribution in [0.4, 0.5) is 0 Å². The summed E-state index contributed by atoms with van der Waals surface area (Å²) in [6.45, 7) is 2.61. The maximum atomic E-state index is 12.0. The SMILES string of the molecule is CC1(C)[C@H](C(=O)O)[N+]2(N)C(=O)C[C@H]2S1(=O)=O. The number of nitrogens with two attached hydrogens (primary N) is 1. The minimum Gasteiger partial charge on any atom is -0.477 e. The van der Waals surface area contributed by atoms with E-state index in [9.17, 15) is 18.0 Å². The molecule has 90 valence electrons. The predicted molar refractivity (Wildman–Crippen MR) is 52.3 cm³/mol. The third kappa shape index (κ3) is 0.886. The summed E-state index contributed by atoms with van der Waals surface area (Å²) < 4.78 is 21.5. The van der Waals surface area contributed by atoms with Crippen molar-refractivity contribution in [2.45, 2.75) is 36.4 Å². The molecule has 0 bridgehead atoms. The highest BCUT2D eigenvalue weighted by Gasteiger charge is 2.80. The van der Waals surface area contributed by atoms with Crippen molar-refractivity contribution in [2.24, 2.45) is 5.84 Å². The second kappa shape index (κ2) is 2.63. The first-order valence-corrected chi connectivity index (χ1v) is 6.29. The summed E-state index contributed by atoms with van der Waals surface area (Å²) in [4.78, 5) is 22.6. The summed E-state index contributed by atoms with van der Waals surface area (Å²) >= 11 is 0. The van der Waals surface area contributed by atoms with Gasteiger partial charge in [0.1, 0.15) is 11.2 Å². The van der Waals surface area contributed by atoms with Crippen molar-refractivity contribution in [3.8, 4) is 0 Å². The summed E-state index contributed by atoms with van der Waals surface area (Å²) in [5.41, 5.74) is 0. The Kier molecular flexibility index (Phi) is 1.89. The average Bonchev–Trinajstić information content (AvgIpc) is 2.20. The molecule has 2 aliphatic heterocycles. The molecule has 0 aromatic rings. The first-order valence-electron chi connectivity index (χ1n) is 4.74. The van der Waals surface area contributed by atoms with E-state index in [1.807, 2.05) is 0 Å². The molecule has 0 saturated carbocycles. The van der Waals surface area contributed by atoms with Crippen molar-refractivity contribution >= 4 is 21.7 Å². The van der Waals surface area contributed by atoms with Crippen molar-refractivity contribution in [3.63, 3.8) is 0 Å². The van der Waals surface area contributed by atoms with E-state index in [4.69, 9.17) is 10.9 Å². The molecule has 16 heavy (non-hydrogen) atoms. The minimum absolute atomic E-state index is 0.188. The van der Waals surface area contributed by atoms with Gasteiger partial charge in [0, 0.05) is 0 Å². The number of rotatable bonds is 1. The fraction of sp³-hybridized carbons (Fsp3) is 0.750. The van der Waals surface area contributed by atoms with Gasteiger partial charge in [-0.05, 0) is 13.8 Å². The number of hydrogen-bond acceptors (Lipinski definition) is 5. The van der Waals surface area contributed by atoms with Crippen LogP contribution in [0.5, 0.6) is 0 Å². The first kappa shape index (κ1) is 11.5. The molecular formula is C8H13N2O5S+.